The van der Waals surface area contributed by atoms with Crippen molar-refractivity contribution in [3.63, 3.8) is 0 Å². The predicted molar refractivity (Wildman–Crippen MR) is 70.9 cm³/mol. The number of aliphatic hydroxyl groups is 1. The molecule has 1 rings (SSSR count). The van der Waals surface area contributed by atoms with Gasteiger partial charge in [0, 0.05) is 16.2 Å². The summed E-state index contributed by atoms with van der Waals surface area (Å²) >= 11 is 1.68. The van der Waals surface area contributed by atoms with Gasteiger partial charge in [0.15, 0.2) is 0 Å². The van der Waals surface area contributed by atoms with E-state index in [4.69, 9.17) is 5.73 Å². The molecular weight excluding hydrogens is 218 g/mol. The molecular formula is C13H21NOS. The fourth-order valence-electron chi connectivity index (χ4n) is 1.62. The van der Waals surface area contributed by atoms with Crippen molar-refractivity contribution in [3.8, 4) is 0 Å². The molecule has 0 fully saturated rings. The quantitative estimate of drug-likeness (QED) is 0.776. The number of nitrogens with two attached hydrogens (primary N) is 1. The standard InChI is InChI=1S/C13H21NOS/c1-4-11(14)13(8-15)16-12-6-5-9(2)7-10(12)3/h5-7,11,13,15H,4,8,14H2,1-3H3. The summed E-state index contributed by atoms with van der Waals surface area (Å²) in [5, 5.41) is 9.42. The maximum Gasteiger partial charge on any atom is 0.0568 e. The fraction of sp³-hybridized carbons (Fsp3) is 0.538. The first-order valence-corrected chi connectivity index (χ1v) is 6.56. The molecule has 0 aliphatic rings. The van der Waals surface area contributed by atoms with E-state index in [1.54, 1.807) is 11.8 Å². The van der Waals surface area contributed by atoms with Gasteiger partial charge < -0.3 is 10.8 Å². The van der Waals surface area contributed by atoms with E-state index < -0.39 is 0 Å². The molecule has 3 heteroatoms. The smallest absolute Gasteiger partial charge is 0.0568 e. The van der Waals surface area contributed by atoms with Crippen LogP contribution in [0.2, 0.25) is 0 Å². The molecule has 0 spiro atoms. The molecule has 2 unspecified atom stereocenters. The van der Waals surface area contributed by atoms with Crippen LogP contribution in [0.1, 0.15) is 24.5 Å². The summed E-state index contributed by atoms with van der Waals surface area (Å²) in [5.74, 6) is 0. The van der Waals surface area contributed by atoms with Crippen molar-refractivity contribution >= 4 is 11.8 Å². The summed E-state index contributed by atoms with van der Waals surface area (Å²) in [6, 6.07) is 6.42. The van der Waals surface area contributed by atoms with Gasteiger partial charge in [0.05, 0.1) is 6.61 Å². The Labute approximate surface area is 102 Å². The maximum atomic E-state index is 9.33. The summed E-state index contributed by atoms with van der Waals surface area (Å²) in [5.41, 5.74) is 8.50. The van der Waals surface area contributed by atoms with E-state index >= 15 is 0 Å². The number of aliphatic hydroxyl groups excluding tert-OH is 1. The highest BCUT2D eigenvalue weighted by molar-refractivity contribution is 8.00. The summed E-state index contributed by atoms with van der Waals surface area (Å²) in [6.07, 6.45) is 0.892. The maximum absolute atomic E-state index is 9.33. The molecule has 2 nitrogen and oxygen atoms in total. The molecule has 0 saturated carbocycles. The van der Waals surface area contributed by atoms with Gasteiger partial charge in [-0.15, -0.1) is 11.8 Å². The first kappa shape index (κ1) is 13.6. The third kappa shape index (κ3) is 3.51. The Bertz CT molecular complexity index is 341. The SMILES string of the molecule is CCC(N)C(CO)Sc1ccc(C)cc1C. The zero-order valence-corrected chi connectivity index (χ0v) is 11.1. The first-order chi connectivity index (χ1) is 7.58. The lowest BCUT2D eigenvalue weighted by molar-refractivity contribution is 0.281. The minimum Gasteiger partial charge on any atom is -0.395 e. The van der Waals surface area contributed by atoms with Gasteiger partial charge >= 0.3 is 0 Å². The summed E-state index contributed by atoms with van der Waals surface area (Å²) in [4.78, 5) is 1.22. The van der Waals surface area contributed by atoms with Gasteiger partial charge in [0.1, 0.15) is 0 Å². The minimum atomic E-state index is 0.0516. The van der Waals surface area contributed by atoms with Crippen molar-refractivity contribution < 1.29 is 5.11 Å². The van der Waals surface area contributed by atoms with Crippen LogP contribution in [0.25, 0.3) is 0 Å². The Morgan fingerprint density at radius 2 is 2.06 bits per heavy atom. The lowest BCUT2D eigenvalue weighted by atomic mass is 10.2. The molecule has 3 N–H and O–H groups in total. The Morgan fingerprint density at radius 1 is 1.38 bits per heavy atom. The number of aryl methyl sites for hydroxylation is 2. The van der Waals surface area contributed by atoms with Crippen molar-refractivity contribution in [1.82, 2.24) is 0 Å². The van der Waals surface area contributed by atoms with Crippen LogP contribution >= 0.6 is 11.8 Å². The van der Waals surface area contributed by atoms with Crippen LogP contribution < -0.4 is 5.73 Å². The normalized spacial score (nSPS) is 14.8. The molecule has 90 valence electrons. The number of hydrogen-bond donors (Lipinski definition) is 2. The van der Waals surface area contributed by atoms with Crippen LogP contribution in [0.15, 0.2) is 23.1 Å². The lowest BCUT2D eigenvalue weighted by Crippen LogP contribution is -2.34. The zero-order valence-electron chi connectivity index (χ0n) is 10.2. The van der Waals surface area contributed by atoms with E-state index in [2.05, 4.69) is 39.0 Å². The van der Waals surface area contributed by atoms with Gasteiger partial charge in [-0.3, -0.25) is 0 Å². The molecule has 0 amide bonds. The molecule has 0 aromatic heterocycles. The van der Waals surface area contributed by atoms with Crippen LogP contribution in [-0.4, -0.2) is 23.0 Å². The van der Waals surface area contributed by atoms with Crippen LogP contribution in [0.3, 0.4) is 0 Å². The third-order valence-corrected chi connectivity index (χ3v) is 4.25. The Hall–Kier alpha value is -0.510. The monoisotopic (exact) mass is 239 g/mol. The van der Waals surface area contributed by atoms with Crippen LogP contribution in [-0.2, 0) is 0 Å². The highest BCUT2D eigenvalue weighted by Crippen LogP contribution is 2.28. The average Bonchev–Trinajstić information content (AvgIpc) is 2.27. The van der Waals surface area contributed by atoms with Crippen molar-refractivity contribution in [1.29, 1.82) is 0 Å². The number of rotatable bonds is 5. The highest BCUT2D eigenvalue weighted by Gasteiger charge is 2.17. The van der Waals surface area contributed by atoms with Gasteiger partial charge in [-0.1, -0.05) is 24.6 Å². The van der Waals surface area contributed by atoms with E-state index in [1.165, 1.54) is 16.0 Å². The molecule has 0 heterocycles. The van der Waals surface area contributed by atoms with Crippen molar-refractivity contribution in [3.05, 3.63) is 29.3 Å². The Morgan fingerprint density at radius 3 is 2.56 bits per heavy atom. The van der Waals surface area contributed by atoms with E-state index in [1.807, 2.05) is 0 Å². The molecule has 2 atom stereocenters. The van der Waals surface area contributed by atoms with E-state index in [0.29, 0.717) is 0 Å². The Kier molecular flexibility index (Phi) is 5.32. The lowest BCUT2D eigenvalue weighted by Gasteiger charge is -2.21. The van der Waals surface area contributed by atoms with Crippen LogP contribution in [0.5, 0.6) is 0 Å². The molecule has 0 saturated heterocycles. The Balaban J connectivity index is 2.78. The number of thioether (sulfide) groups is 1. The topological polar surface area (TPSA) is 46.2 Å². The number of benzene rings is 1. The van der Waals surface area contributed by atoms with Gasteiger partial charge in [-0.2, -0.15) is 0 Å². The summed E-state index contributed by atoms with van der Waals surface area (Å²) < 4.78 is 0. The molecule has 1 aromatic rings. The first-order valence-electron chi connectivity index (χ1n) is 5.68. The van der Waals surface area contributed by atoms with Crippen molar-refractivity contribution in [2.75, 3.05) is 6.61 Å². The highest BCUT2D eigenvalue weighted by atomic mass is 32.2. The van der Waals surface area contributed by atoms with Gasteiger partial charge in [-0.05, 0) is 31.9 Å². The second-order valence-corrected chi connectivity index (χ2v) is 5.46. The molecule has 0 aliphatic carbocycles. The second-order valence-electron chi connectivity index (χ2n) is 4.18. The van der Waals surface area contributed by atoms with Crippen molar-refractivity contribution in [2.45, 2.75) is 43.4 Å². The second kappa shape index (κ2) is 6.28. The zero-order chi connectivity index (χ0) is 12.1. The van der Waals surface area contributed by atoms with Gasteiger partial charge in [0.2, 0.25) is 0 Å². The molecule has 0 aliphatic heterocycles. The average molecular weight is 239 g/mol. The van der Waals surface area contributed by atoms with Gasteiger partial charge in [-0.25, -0.2) is 0 Å². The number of hydrogen-bond acceptors (Lipinski definition) is 3. The predicted octanol–water partition coefficient (Wildman–Crippen LogP) is 2.49. The summed E-state index contributed by atoms with van der Waals surface area (Å²) in [6.45, 7) is 6.37. The molecule has 16 heavy (non-hydrogen) atoms. The third-order valence-electron chi connectivity index (χ3n) is 2.74. The van der Waals surface area contributed by atoms with Crippen LogP contribution in [0.4, 0.5) is 0 Å². The largest absolute Gasteiger partial charge is 0.395 e. The fourth-order valence-corrected chi connectivity index (χ4v) is 2.78. The van der Waals surface area contributed by atoms with Gasteiger partial charge in [0.25, 0.3) is 0 Å². The molecule has 0 radical (unpaired) electrons. The van der Waals surface area contributed by atoms with E-state index in [9.17, 15) is 5.11 Å². The minimum absolute atomic E-state index is 0.0516. The molecule has 1 aromatic carbocycles. The van der Waals surface area contributed by atoms with E-state index in [0.717, 1.165) is 6.42 Å². The van der Waals surface area contributed by atoms with E-state index in [-0.39, 0.29) is 17.9 Å². The van der Waals surface area contributed by atoms with Crippen LogP contribution in [0, 0.1) is 13.8 Å². The summed E-state index contributed by atoms with van der Waals surface area (Å²) in [7, 11) is 0. The van der Waals surface area contributed by atoms with Crippen molar-refractivity contribution in [2.24, 2.45) is 5.73 Å². The molecule has 0 bridgehead atoms.